The van der Waals surface area contributed by atoms with E-state index in [1.165, 1.54) is 0 Å². The summed E-state index contributed by atoms with van der Waals surface area (Å²) in [4.78, 5) is 81.5. The van der Waals surface area contributed by atoms with Crippen molar-refractivity contribution in [3.63, 3.8) is 0 Å². The van der Waals surface area contributed by atoms with Crippen LogP contribution in [-0.2, 0) is 33.6 Å². The van der Waals surface area contributed by atoms with Crippen LogP contribution in [0, 0.1) is 5.92 Å². The highest BCUT2D eigenvalue weighted by molar-refractivity contribution is 5.96. The Labute approximate surface area is 188 Å². The number of hydrogen-bond donors (Lipinski definition) is 8. The molecule has 4 atom stereocenters. The molecule has 33 heavy (non-hydrogen) atoms. The zero-order valence-corrected chi connectivity index (χ0v) is 18.1. The maximum atomic E-state index is 12.7. The minimum atomic E-state index is -1.89. The number of carbonyl (C=O) groups is 7. The Hall–Kier alpha value is -3.75. The molecule has 0 fully saturated rings. The molecule has 0 aliphatic carbocycles. The van der Waals surface area contributed by atoms with E-state index >= 15 is 0 Å². The molecule has 0 radical (unpaired) electrons. The van der Waals surface area contributed by atoms with Crippen LogP contribution in [-0.4, -0.2) is 81.0 Å². The van der Waals surface area contributed by atoms with E-state index in [4.69, 9.17) is 26.8 Å². The smallest absolute Gasteiger partial charge is 0.326 e. The van der Waals surface area contributed by atoms with Crippen molar-refractivity contribution in [1.29, 1.82) is 0 Å². The minimum absolute atomic E-state index is 0.296. The number of rotatable bonds is 15. The van der Waals surface area contributed by atoms with E-state index in [9.17, 15) is 33.6 Å². The first kappa shape index (κ1) is 29.2. The number of hydrogen-bond acceptors (Lipinski definition) is 8. The standard InChI is InChI=1S/C18H29N5O10/c1-7(2)14(20)17(31)21-8(3-4-11(19)24)15(29)22-9(5-12(25)26)16(30)23-10(18(32)33)6-13(27)28/h7-10,14H,3-6,20H2,1-2H3,(H2,19,24)(H,21,31)(H,22,29)(H,23,30)(H,25,26)(H,27,28)(H,32,33). The Morgan fingerprint density at radius 3 is 1.58 bits per heavy atom. The first-order chi connectivity index (χ1) is 15.1. The molecule has 0 saturated heterocycles. The van der Waals surface area contributed by atoms with Crippen LogP contribution in [0.5, 0.6) is 0 Å². The van der Waals surface area contributed by atoms with E-state index in [1.807, 2.05) is 5.32 Å². The maximum absolute atomic E-state index is 12.7. The molecule has 0 heterocycles. The second kappa shape index (κ2) is 13.6. The Morgan fingerprint density at radius 2 is 1.15 bits per heavy atom. The molecule has 0 aromatic heterocycles. The molecule has 0 aromatic rings. The van der Waals surface area contributed by atoms with Gasteiger partial charge in [-0.25, -0.2) is 4.79 Å². The molecular formula is C18H29N5O10. The summed E-state index contributed by atoms with van der Waals surface area (Å²) >= 11 is 0. The monoisotopic (exact) mass is 475 g/mol. The number of carboxylic acid groups (broad SMARTS) is 3. The Kier molecular flexibility index (Phi) is 12.1. The Bertz CT molecular complexity index is 785. The Morgan fingerprint density at radius 1 is 0.727 bits per heavy atom. The highest BCUT2D eigenvalue weighted by Crippen LogP contribution is 2.05. The molecular weight excluding hydrogens is 446 g/mol. The zero-order valence-electron chi connectivity index (χ0n) is 18.1. The number of nitrogens with one attached hydrogen (secondary N) is 3. The van der Waals surface area contributed by atoms with Crippen LogP contribution >= 0.6 is 0 Å². The molecule has 10 N–H and O–H groups in total. The SMILES string of the molecule is CC(C)C(N)C(=O)NC(CCC(N)=O)C(=O)NC(CC(=O)O)C(=O)NC(CC(=O)O)C(=O)O. The molecule has 186 valence electrons. The van der Waals surface area contributed by atoms with Crippen LogP contribution in [0.1, 0.15) is 39.5 Å². The highest BCUT2D eigenvalue weighted by Gasteiger charge is 2.32. The third kappa shape index (κ3) is 11.4. The molecule has 0 aliphatic heterocycles. The number of primary amides is 1. The van der Waals surface area contributed by atoms with Crippen LogP contribution in [0.2, 0.25) is 0 Å². The number of aliphatic carboxylic acids is 3. The van der Waals surface area contributed by atoms with Crippen LogP contribution in [0.4, 0.5) is 0 Å². The fourth-order valence-electron chi connectivity index (χ4n) is 2.43. The number of carboxylic acids is 3. The lowest BCUT2D eigenvalue weighted by Crippen LogP contribution is -2.58. The van der Waals surface area contributed by atoms with Gasteiger partial charge >= 0.3 is 17.9 Å². The summed E-state index contributed by atoms with van der Waals surface area (Å²) in [6.07, 6.45) is -2.63. The van der Waals surface area contributed by atoms with Gasteiger partial charge in [-0.15, -0.1) is 0 Å². The van der Waals surface area contributed by atoms with Crippen molar-refractivity contribution in [2.24, 2.45) is 17.4 Å². The summed E-state index contributed by atoms with van der Waals surface area (Å²) in [6.45, 7) is 3.29. The summed E-state index contributed by atoms with van der Waals surface area (Å²) in [7, 11) is 0. The summed E-state index contributed by atoms with van der Waals surface area (Å²) < 4.78 is 0. The number of carbonyl (C=O) groups excluding carboxylic acids is 4. The van der Waals surface area contributed by atoms with E-state index in [1.54, 1.807) is 13.8 Å². The third-order valence-electron chi connectivity index (χ3n) is 4.34. The van der Waals surface area contributed by atoms with Crippen molar-refractivity contribution in [2.45, 2.75) is 63.7 Å². The summed E-state index contributed by atoms with van der Waals surface area (Å²) in [5.41, 5.74) is 10.8. The molecule has 0 rings (SSSR count). The average Bonchev–Trinajstić information content (AvgIpc) is 2.67. The van der Waals surface area contributed by atoms with Crippen LogP contribution in [0.3, 0.4) is 0 Å². The third-order valence-corrected chi connectivity index (χ3v) is 4.34. The lowest BCUT2D eigenvalue weighted by atomic mass is 10.0. The van der Waals surface area contributed by atoms with E-state index < -0.39 is 78.5 Å². The van der Waals surface area contributed by atoms with Gasteiger partial charge in [-0.2, -0.15) is 0 Å². The van der Waals surface area contributed by atoms with Crippen LogP contribution in [0.15, 0.2) is 0 Å². The van der Waals surface area contributed by atoms with Gasteiger partial charge in [-0.05, 0) is 12.3 Å². The molecule has 0 bridgehead atoms. The zero-order chi connectivity index (χ0) is 25.9. The second-order valence-electron chi connectivity index (χ2n) is 7.49. The van der Waals surface area contributed by atoms with Gasteiger partial charge in [-0.1, -0.05) is 13.8 Å². The molecule has 15 heteroatoms. The van der Waals surface area contributed by atoms with Crippen molar-refractivity contribution in [1.82, 2.24) is 16.0 Å². The maximum Gasteiger partial charge on any atom is 0.326 e. The van der Waals surface area contributed by atoms with Crippen molar-refractivity contribution >= 4 is 41.5 Å². The van der Waals surface area contributed by atoms with Gasteiger partial charge in [0.25, 0.3) is 0 Å². The first-order valence-electron chi connectivity index (χ1n) is 9.77. The van der Waals surface area contributed by atoms with Crippen molar-refractivity contribution in [3.05, 3.63) is 0 Å². The summed E-state index contributed by atoms with van der Waals surface area (Å²) in [6, 6.07) is -6.15. The largest absolute Gasteiger partial charge is 0.481 e. The van der Waals surface area contributed by atoms with Crippen molar-refractivity contribution < 1.29 is 48.9 Å². The Balaban J connectivity index is 5.61. The van der Waals surface area contributed by atoms with Gasteiger partial charge in [0.1, 0.15) is 18.1 Å². The van der Waals surface area contributed by atoms with E-state index in [-0.39, 0.29) is 18.8 Å². The average molecular weight is 475 g/mol. The molecule has 4 unspecified atom stereocenters. The van der Waals surface area contributed by atoms with Crippen LogP contribution in [0.25, 0.3) is 0 Å². The molecule has 0 spiro atoms. The topological polar surface area (TPSA) is 268 Å². The number of amides is 4. The van der Waals surface area contributed by atoms with Crippen LogP contribution < -0.4 is 27.4 Å². The van der Waals surface area contributed by atoms with Gasteiger partial charge < -0.3 is 42.7 Å². The summed E-state index contributed by atoms with van der Waals surface area (Å²) in [5.74, 6) is -8.98. The van der Waals surface area contributed by atoms with Gasteiger partial charge in [-0.3, -0.25) is 28.8 Å². The fraction of sp³-hybridized carbons (Fsp3) is 0.611. The van der Waals surface area contributed by atoms with E-state index in [2.05, 4.69) is 10.6 Å². The predicted molar refractivity (Wildman–Crippen MR) is 109 cm³/mol. The van der Waals surface area contributed by atoms with Gasteiger partial charge in [0, 0.05) is 6.42 Å². The fourth-order valence-corrected chi connectivity index (χ4v) is 2.43. The van der Waals surface area contributed by atoms with E-state index in [0.29, 0.717) is 0 Å². The molecule has 0 saturated carbocycles. The normalized spacial score (nSPS) is 14.3. The highest BCUT2D eigenvalue weighted by atomic mass is 16.4. The predicted octanol–water partition coefficient (Wildman–Crippen LogP) is -3.28. The van der Waals surface area contributed by atoms with Crippen molar-refractivity contribution in [3.8, 4) is 0 Å². The lowest BCUT2D eigenvalue weighted by molar-refractivity contribution is -0.148. The summed E-state index contributed by atoms with van der Waals surface area (Å²) in [5, 5.41) is 33.0. The first-order valence-corrected chi connectivity index (χ1v) is 9.77. The van der Waals surface area contributed by atoms with Gasteiger partial charge in [0.05, 0.1) is 18.9 Å². The van der Waals surface area contributed by atoms with Gasteiger partial charge in [0.15, 0.2) is 0 Å². The quantitative estimate of drug-likeness (QED) is 0.116. The molecule has 0 aliphatic rings. The number of nitrogens with two attached hydrogens (primary N) is 2. The molecule has 0 aromatic carbocycles. The lowest BCUT2D eigenvalue weighted by Gasteiger charge is -2.25. The second-order valence-corrected chi connectivity index (χ2v) is 7.49. The van der Waals surface area contributed by atoms with E-state index in [0.717, 1.165) is 0 Å². The molecule has 15 nitrogen and oxygen atoms in total. The van der Waals surface area contributed by atoms with Gasteiger partial charge in [0.2, 0.25) is 23.6 Å². The van der Waals surface area contributed by atoms with Crippen molar-refractivity contribution in [2.75, 3.05) is 0 Å². The molecule has 4 amide bonds. The minimum Gasteiger partial charge on any atom is -0.481 e.